The Hall–Kier alpha value is -1.90. The van der Waals surface area contributed by atoms with Crippen molar-refractivity contribution >= 4 is 62.7 Å². The monoisotopic (exact) mass is 465 g/mol. The molecule has 2 amide bonds. The smallest absolute Gasteiger partial charge is 0.258 e. The van der Waals surface area contributed by atoms with Crippen LogP contribution in [0.4, 0.5) is 5.00 Å². The zero-order chi connectivity index (χ0) is 20.5. The number of nitrogens with two attached hydrogens (primary N) is 1. The second-order valence-corrected chi connectivity index (χ2v) is 10.1. The molecule has 9 heteroatoms. The van der Waals surface area contributed by atoms with Crippen LogP contribution in [0.1, 0.15) is 36.7 Å². The fourth-order valence-corrected chi connectivity index (χ4v) is 6.20. The van der Waals surface area contributed by atoms with Crippen LogP contribution in [0.5, 0.6) is 0 Å². The van der Waals surface area contributed by atoms with Crippen molar-refractivity contribution in [1.82, 2.24) is 4.90 Å². The maximum atomic E-state index is 12.6. The number of nitrogens with one attached hydrogen (secondary N) is 1. The zero-order valence-corrected chi connectivity index (χ0v) is 18.4. The van der Waals surface area contributed by atoms with E-state index < -0.39 is 11.8 Å². The molecule has 0 saturated heterocycles. The number of benzene rings is 1. The van der Waals surface area contributed by atoms with E-state index in [9.17, 15) is 9.59 Å². The third-order valence-corrected chi connectivity index (χ3v) is 7.38. The number of hydrogen-bond donors (Lipinski definition) is 2. The lowest BCUT2D eigenvalue weighted by Crippen LogP contribution is -2.30. The molecule has 0 unspecified atom stereocenters. The Morgan fingerprint density at radius 3 is 2.59 bits per heavy atom. The summed E-state index contributed by atoms with van der Waals surface area (Å²) in [6, 6.07) is 11.8. The summed E-state index contributed by atoms with van der Waals surface area (Å²) in [6.45, 7) is 2.35. The topological polar surface area (TPSA) is 75.4 Å². The SMILES string of the molecule is NC(=O)c1c(NC(=O)c2cc(Cl)sc2Cl)sc2c1CCN(Cc1ccccc1)C2. The molecule has 150 valence electrons. The summed E-state index contributed by atoms with van der Waals surface area (Å²) in [6.07, 6.45) is 0.706. The van der Waals surface area contributed by atoms with Gasteiger partial charge in [0.1, 0.15) is 9.34 Å². The Morgan fingerprint density at radius 2 is 1.93 bits per heavy atom. The van der Waals surface area contributed by atoms with Crippen molar-refractivity contribution in [3.05, 3.63) is 72.2 Å². The van der Waals surface area contributed by atoms with Gasteiger partial charge in [0.15, 0.2) is 0 Å². The summed E-state index contributed by atoms with van der Waals surface area (Å²) in [4.78, 5) is 28.1. The maximum Gasteiger partial charge on any atom is 0.258 e. The first-order valence-electron chi connectivity index (χ1n) is 8.89. The van der Waals surface area contributed by atoms with Crippen molar-refractivity contribution < 1.29 is 9.59 Å². The lowest BCUT2D eigenvalue weighted by molar-refractivity contribution is 0.0999. The van der Waals surface area contributed by atoms with Crippen LogP contribution in [0.25, 0.3) is 0 Å². The van der Waals surface area contributed by atoms with Gasteiger partial charge in [-0.2, -0.15) is 0 Å². The van der Waals surface area contributed by atoms with E-state index in [1.54, 1.807) is 0 Å². The molecule has 0 saturated carbocycles. The van der Waals surface area contributed by atoms with Gasteiger partial charge < -0.3 is 11.1 Å². The van der Waals surface area contributed by atoms with Crippen molar-refractivity contribution in [3.63, 3.8) is 0 Å². The van der Waals surface area contributed by atoms with Gasteiger partial charge in [-0.05, 0) is 23.6 Å². The van der Waals surface area contributed by atoms with Gasteiger partial charge >= 0.3 is 0 Å². The molecule has 0 fully saturated rings. The van der Waals surface area contributed by atoms with Gasteiger partial charge in [-0.25, -0.2) is 0 Å². The normalized spacial score (nSPS) is 13.9. The lowest BCUT2D eigenvalue weighted by Gasteiger charge is -2.27. The Bertz CT molecular complexity index is 1080. The summed E-state index contributed by atoms with van der Waals surface area (Å²) in [5, 5.41) is 3.27. The average Bonchev–Trinajstić information content (AvgIpc) is 3.20. The number of thiophene rings is 2. The Labute approximate surface area is 186 Å². The van der Waals surface area contributed by atoms with Crippen molar-refractivity contribution in [2.45, 2.75) is 19.5 Å². The van der Waals surface area contributed by atoms with E-state index in [4.69, 9.17) is 28.9 Å². The highest BCUT2D eigenvalue weighted by molar-refractivity contribution is 7.20. The summed E-state index contributed by atoms with van der Waals surface area (Å²) in [5.41, 5.74) is 8.50. The van der Waals surface area contributed by atoms with Crippen molar-refractivity contribution in [2.24, 2.45) is 5.73 Å². The van der Waals surface area contributed by atoms with Gasteiger partial charge in [0, 0.05) is 24.5 Å². The number of carbonyl (C=O) groups is 2. The van der Waals surface area contributed by atoms with Crippen LogP contribution in [-0.2, 0) is 19.5 Å². The number of anilines is 1. The summed E-state index contributed by atoms with van der Waals surface area (Å²) >= 11 is 14.5. The molecule has 0 radical (unpaired) electrons. The number of amides is 2. The molecule has 3 heterocycles. The van der Waals surface area contributed by atoms with Crippen LogP contribution >= 0.6 is 45.9 Å². The van der Waals surface area contributed by atoms with Gasteiger partial charge in [-0.15, -0.1) is 22.7 Å². The molecule has 5 nitrogen and oxygen atoms in total. The number of hydrogen-bond acceptors (Lipinski definition) is 5. The van der Waals surface area contributed by atoms with Crippen LogP contribution in [0, 0.1) is 0 Å². The predicted octanol–water partition coefficient (Wildman–Crippen LogP) is 5.03. The quantitative estimate of drug-likeness (QED) is 0.554. The second kappa shape index (κ2) is 8.45. The third kappa shape index (κ3) is 4.34. The first-order valence-corrected chi connectivity index (χ1v) is 11.3. The number of primary amides is 1. The number of carbonyl (C=O) groups excluding carboxylic acids is 2. The molecule has 0 spiro atoms. The number of nitrogens with zero attached hydrogens (tertiary/aromatic N) is 1. The molecule has 1 aromatic carbocycles. The second-order valence-electron chi connectivity index (χ2n) is 6.71. The first-order chi connectivity index (χ1) is 13.9. The lowest BCUT2D eigenvalue weighted by atomic mass is 10.0. The van der Waals surface area contributed by atoms with Crippen LogP contribution in [0.2, 0.25) is 8.67 Å². The van der Waals surface area contributed by atoms with Gasteiger partial charge in [0.2, 0.25) is 0 Å². The van der Waals surface area contributed by atoms with Crippen molar-refractivity contribution in [3.8, 4) is 0 Å². The standard InChI is InChI=1S/C20H17Cl2N3O2S2/c21-15-8-13(17(22)29-15)19(27)24-20-16(18(23)26)12-6-7-25(10-14(12)28-20)9-11-4-2-1-3-5-11/h1-5,8H,6-7,9-10H2,(H2,23,26)(H,24,27). The molecular weight excluding hydrogens is 449 g/mol. The fraction of sp³-hybridized carbons (Fsp3) is 0.200. The van der Waals surface area contributed by atoms with Gasteiger partial charge in [0.25, 0.3) is 11.8 Å². The van der Waals surface area contributed by atoms with E-state index in [0.29, 0.717) is 32.2 Å². The van der Waals surface area contributed by atoms with E-state index in [-0.39, 0.29) is 5.56 Å². The molecule has 2 aromatic heterocycles. The minimum absolute atomic E-state index is 0.286. The third-order valence-electron chi connectivity index (χ3n) is 4.76. The van der Waals surface area contributed by atoms with Gasteiger partial charge in [-0.3, -0.25) is 14.5 Å². The predicted molar refractivity (Wildman–Crippen MR) is 119 cm³/mol. The molecule has 4 rings (SSSR count). The van der Waals surface area contributed by atoms with Crippen molar-refractivity contribution in [2.75, 3.05) is 11.9 Å². The number of halogens is 2. The molecule has 1 aliphatic heterocycles. The van der Waals surface area contributed by atoms with Crippen LogP contribution in [0.15, 0.2) is 36.4 Å². The fourth-order valence-electron chi connectivity index (χ4n) is 3.45. The zero-order valence-electron chi connectivity index (χ0n) is 15.2. The maximum absolute atomic E-state index is 12.6. The van der Waals surface area contributed by atoms with E-state index in [1.165, 1.54) is 23.0 Å². The molecule has 0 bridgehead atoms. The van der Waals surface area contributed by atoms with Gasteiger partial charge in [-0.1, -0.05) is 53.5 Å². The van der Waals surface area contributed by atoms with E-state index in [1.807, 2.05) is 18.2 Å². The highest BCUT2D eigenvalue weighted by atomic mass is 35.5. The Kier molecular flexibility index (Phi) is 5.94. The Balaban J connectivity index is 1.58. The molecule has 0 atom stereocenters. The minimum atomic E-state index is -0.538. The molecular formula is C20H17Cl2N3O2S2. The summed E-state index contributed by atoms with van der Waals surface area (Å²) in [5.74, 6) is -0.941. The summed E-state index contributed by atoms with van der Waals surface area (Å²) in [7, 11) is 0. The first kappa shape index (κ1) is 20.4. The molecule has 3 aromatic rings. The van der Waals surface area contributed by atoms with Crippen LogP contribution in [-0.4, -0.2) is 23.3 Å². The van der Waals surface area contributed by atoms with Gasteiger partial charge in [0.05, 0.1) is 15.5 Å². The number of fused-ring (bicyclic) bond motifs is 1. The Morgan fingerprint density at radius 1 is 1.17 bits per heavy atom. The molecule has 29 heavy (non-hydrogen) atoms. The van der Waals surface area contributed by atoms with Crippen LogP contribution < -0.4 is 11.1 Å². The van der Waals surface area contributed by atoms with Crippen molar-refractivity contribution in [1.29, 1.82) is 0 Å². The van der Waals surface area contributed by atoms with Crippen LogP contribution in [0.3, 0.4) is 0 Å². The molecule has 0 aliphatic carbocycles. The number of rotatable bonds is 5. The summed E-state index contributed by atoms with van der Waals surface area (Å²) < 4.78 is 0.737. The average molecular weight is 466 g/mol. The van der Waals surface area contributed by atoms with E-state index in [2.05, 4.69) is 22.3 Å². The van der Waals surface area contributed by atoms with E-state index in [0.717, 1.165) is 34.9 Å². The van der Waals surface area contributed by atoms with E-state index >= 15 is 0 Å². The molecule has 3 N–H and O–H groups in total. The largest absolute Gasteiger partial charge is 0.365 e. The highest BCUT2D eigenvalue weighted by Gasteiger charge is 2.28. The highest BCUT2D eigenvalue weighted by Crippen LogP contribution is 2.38. The minimum Gasteiger partial charge on any atom is -0.365 e. The molecule has 1 aliphatic rings.